The van der Waals surface area contributed by atoms with Gasteiger partial charge in [-0.1, -0.05) is 18.2 Å². The van der Waals surface area contributed by atoms with Crippen LogP contribution in [0.5, 0.6) is 0 Å². The number of aliphatic hydroxyl groups excluding tert-OH is 1. The van der Waals surface area contributed by atoms with E-state index in [4.69, 9.17) is 4.74 Å². The van der Waals surface area contributed by atoms with Crippen molar-refractivity contribution in [2.24, 2.45) is 0 Å². The van der Waals surface area contributed by atoms with E-state index in [9.17, 15) is 9.50 Å². The molecule has 1 aromatic carbocycles. The van der Waals surface area contributed by atoms with Crippen LogP contribution in [0, 0.1) is 5.82 Å². The zero-order valence-electron chi connectivity index (χ0n) is 12.1. The maximum Gasteiger partial charge on any atom is 0.129 e. The highest BCUT2D eigenvalue weighted by atomic mass is 19.1. The average Bonchev–Trinajstić information content (AvgIpc) is 2.38. The number of likely N-dealkylation sites (N-methyl/N-ethyl adjacent to an activating group) is 1. The van der Waals surface area contributed by atoms with E-state index < -0.39 is 6.10 Å². The summed E-state index contributed by atoms with van der Waals surface area (Å²) in [6.07, 6.45) is -0.652. The Morgan fingerprint density at radius 3 is 2.90 bits per heavy atom. The quantitative estimate of drug-likeness (QED) is 0.878. The second kappa shape index (κ2) is 7.13. The van der Waals surface area contributed by atoms with Crippen LogP contribution in [-0.4, -0.2) is 67.9 Å². The van der Waals surface area contributed by atoms with E-state index in [1.807, 2.05) is 14.1 Å². The summed E-state index contributed by atoms with van der Waals surface area (Å²) in [5.41, 5.74) is 0.364. The number of rotatable bonds is 5. The minimum absolute atomic E-state index is 0.145. The Labute approximate surface area is 119 Å². The molecule has 0 radical (unpaired) electrons. The number of halogens is 1. The number of morpholine rings is 1. The molecule has 1 heterocycles. The number of hydrogen-bond donors (Lipinski definition) is 1. The SMILES string of the molecule is CN(C)C[C@H]1CN(C[C@@H](O)c2ccccc2F)CCO1. The average molecular weight is 282 g/mol. The molecule has 4 nitrogen and oxygen atoms in total. The normalized spacial score (nSPS) is 22.1. The summed E-state index contributed by atoms with van der Waals surface area (Å²) in [5, 5.41) is 10.2. The fraction of sp³-hybridized carbons (Fsp3) is 0.600. The molecule has 112 valence electrons. The molecule has 0 aromatic heterocycles. The third-order valence-corrected chi connectivity index (χ3v) is 3.49. The van der Waals surface area contributed by atoms with Crippen LogP contribution in [0.1, 0.15) is 11.7 Å². The molecule has 0 unspecified atom stereocenters. The Bertz CT molecular complexity index is 428. The monoisotopic (exact) mass is 282 g/mol. The molecule has 0 spiro atoms. The zero-order chi connectivity index (χ0) is 14.5. The van der Waals surface area contributed by atoms with Crippen molar-refractivity contribution in [2.45, 2.75) is 12.2 Å². The molecule has 1 saturated heterocycles. The largest absolute Gasteiger partial charge is 0.387 e. The lowest BCUT2D eigenvalue weighted by molar-refractivity contribution is -0.0491. The van der Waals surface area contributed by atoms with Gasteiger partial charge in [-0.25, -0.2) is 4.39 Å². The van der Waals surface area contributed by atoms with Crippen molar-refractivity contribution in [1.82, 2.24) is 9.80 Å². The first-order valence-electron chi connectivity index (χ1n) is 6.97. The van der Waals surface area contributed by atoms with Crippen LogP contribution in [0.25, 0.3) is 0 Å². The second-order valence-corrected chi connectivity index (χ2v) is 5.55. The molecule has 0 bridgehead atoms. The van der Waals surface area contributed by atoms with Gasteiger partial charge in [0.1, 0.15) is 5.82 Å². The fourth-order valence-corrected chi connectivity index (χ4v) is 2.55. The predicted molar refractivity (Wildman–Crippen MR) is 76.1 cm³/mol. The van der Waals surface area contributed by atoms with Crippen molar-refractivity contribution in [2.75, 3.05) is 46.9 Å². The predicted octanol–water partition coefficient (Wildman–Crippen LogP) is 1.12. The van der Waals surface area contributed by atoms with Crippen molar-refractivity contribution in [3.8, 4) is 0 Å². The summed E-state index contributed by atoms with van der Waals surface area (Å²) in [5.74, 6) is -0.349. The lowest BCUT2D eigenvalue weighted by Gasteiger charge is -2.35. The maximum absolute atomic E-state index is 13.6. The second-order valence-electron chi connectivity index (χ2n) is 5.55. The molecule has 0 amide bonds. The molecule has 0 aliphatic carbocycles. The van der Waals surface area contributed by atoms with Crippen LogP contribution >= 0.6 is 0 Å². The van der Waals surface area contributed by atoms with Gasteiger partial charge >= 0.3 is 0 Å². The number of hydrogen-bond acceptors (Lipinski definition) is 4. The molecule has 0 saturated carbocycles. The Morgan fingerprint density at radius 2 is 2.20 bits per heavy atom. The molecule has 1 aliphatic heterocycles. The van der Waals surface area contributed by atoms with E-state index in [-0.39, 0.29) is 11.9 Å². The Balaban J connectivity index is 1.91. The van der Waals surface area contributed by atoms with Crippen LogP contribution in [0.15, 0.2) is 24.3 Å². The van der Waals surface area contributed by atoms with E-state index in [2.05, 4.69) is 9.80 Å². The summed E-state index contributed by atoms with van der Waals surface area (Å²) in [6.45, 7) is 3.49. The number of β-amino-alcohol motifs (C(OH)–C–C–N with tert-alkyl or cyclic N) is 1. The molecular formula is C15H23FN2O2. The van der Waals surface area contributed by atoms with Gasteiger partial charge in [0, 0.05) is 31.7 Å². The van der Waals surface area contributed by atoms with Crippen LogP contribution in [0.4, 0.5) is 4.39 Å². The van der Waals surface area contributed by atoms with Gasteiger partial charge in [0.2, 0.25) is 0 Å². The van der Waals surface area contributed by atoms with Gasteiger partial charge in [0.05, 0.1) is 18.8 Å². The first-order chi connectivity index (χ1) is 9.56. The maximum atomic E-state index is 13.6. The van der Waals surface area contributed by atoms with Crippen molar-refractivity contribution >= 4 is 0 Å². The number of nitrogens with zero attached hydrogens (tertiary/aromatic N) is 2. The Kier molecular flexibility index (Phi) is 5.48. The van der Waals surface area contributed by atoms with E-state index in [1.165, 1.54) is 6.07 Å². The lowest BCUT2D eigenvalue weighted by Crippen LogP contribution is -2.47. The molecule has 1 N–H and O–H groups in total. The van der Waals surface area contributed by atoms with Crippen LogP contribution < -0.4 is 0 Å². The van der Waals surface area contributed by atoms with E-state index in [1.54, 1.807) is 18.2 Å². The Hall–Kier alpha value is -1.01. The highest BCUT2D eigenvalue weighted by molar-refractivity contribution is 5.20. The minimum Gasteiger partial charge on any atom is -0.387 e. The minimum atomic E-state index is -0.797. The van der Waals surface area contributed by atoms with Crippen molar-refractivity contribution in [1.29, 1.82) is 0 Å². The highest BCUT2D eigenvalue weighted by Gasteiger charge is 2.24. The molecule has 20 heavy (non-hydrogen) atoms. The summed E-state index contributed by atoms with van der Waals surface area (Å²) >= 11 is 0. The first-order valence-corrected chi connectivity index (χ1v) is 6.97. The summed E-state index contributed by atoms with van der Waals surface area (Å²) < 4.78 is 19.3. The van der Waals surface area contributed by atoms with Gasteiger partial charge in [-0.3, -0.25) is 4.90 Å². The number of ether oxygens (including phenoxy) is 1. The molecule has 2 rings (SSSR count). The van der Waals surface area contributed by atoms with Crippen LogP contribution in [0.3, 0.4) is 0 Å². The lowest BCUT2D eigenvalue weighted by atomic mass is 10.1. The van der Waals surface area contributed by atoms with Gasteiger partial charge in [0.15, 0.2) is 0 Å². The molecule has 1 aliphatic rings. The van der Waals surface area contributed by atoms with E-state index >= 15 is 0 Å². The number of benzene rings is 1. The van der Waals surface area contributed by atoms with Crippen LogP contribution in [-0.2, 0) is 4.74 Å². The third-order valence-electron chi connectivity index (χ3n) is 3.49. The highest BCUT2D eigenvalue weighted by Crippen LogP contribution is 2.19. The summed E-state index contributed by atoms with van der Waals surface area (Å²) in [4.78, 5) is 4.22. The van der Waals surface area contributed by atoms with Gasteiger partial charge in [-0.2, -0.15) is 0 Å². The van der Waals surface area contributed by atoms with E-state index in [0.717, 1.165) is 19.6 Å². The molecule has 2 atom stereocenters. The molecular weight excluding hydrogens is 259 g/mol. The third kappa shape index (κ3) is 4.24. The van der Waals surface area contributed by atoms with Gasteiger partial charge < -0.3 is 14.7 Å². The topological polar surface area (TPSA) is 35.9 Å². The van der Waals surface area contributed by atoms with Crippen molar-refractivity contribution in [3.05, 3.63) is 35.6 Å². The standard InChI is InChI=1S/C15H23FN2O2/c1-17(2)9-12-10-18(7-8-20-12)11-15(19)13-5-3-4-6-14(13)16/h3-6,12,15,19H,7-11H2,1-2H3/t12-,15+/m0/s1. The van der Waals surface area contributed by atoms with Crippen molar-refractivity contribution in [3.63, 3.8) is 0 Å². The first kappa shape index (κ1) is 15.4. The molecule has 1 fully saturated rings. The summed E-state index contributed by atoms with van der Waals surface area (Å²) in [6, 6.07) is 6.40. The van der Waals surface area contributed by atoms with Gasteiger partial charge in [-0.15, -0.1) is 0 Å². The molecule has 1 aromatic rings. The van der Waals surface area contributed by atoms with Crippen LogP contribution in [0.2, 0.25) is 0 Å². The summed E-state index contributed by atoms with van der Waals surface area (Å²) in [7, 11) is 4.02. The Morgan fingerprint density at radius 1 is 1.45 bits per heavy atom. The van der Waals surface area contributed by atoms with Gasteiger partial charge in [-0.05, 0) is 20.2 Å². The van der Waals surface area contributed by atoms with E-state index in [0.29, 0.717) is 18.7 Å². The van der Waals surface area contributed by atoms with Gasteiger partial charge in [0.25, 0.3) is 0 Å². The zero-order valence-corrected chi connectivity index (χ0v) is 12.1. The smallest absolute Gasteiger partial charge is 0.129 e. The number of aliphatic hydroxyl groups is 1. The van der Waals surface area contributed by atoms with Crippen molar-refractivity contribution < 1.29 is 14.2 Å². The fourth-order valence-electron chi connectivity index (χ4n) is 2.55. The molecule has 5 heteroatoms.